The van der Waals surface area contributed by atoms with Crippen molar-refractivity contribution >= 4 is 23.7 Å². The number of benzene rings is 2. The molecule has 4 nitrogen and oxygen atoms in total. The van der Waals surface area contributed by atoms with E-state index >= 15 is 0 Å². The second kappa shape index (κ2) is 5.84. The highest BCUT2D eigenvalue weighted by Crippen LogP contribution is 2.30. The van der Waals surface area contributed by atoms with Crippen molar-refractivity contribution in [2.45, 2.75) is 6.18 Å². The first-order valence-corrected chi connectivity index (χ1v) is 6.96. The number of anilines is 1. The fourth-order valence-corrected chi connectivity index (χ4v) is 2.32. The van der Waals surface area contributed by atoms with Gasteiger partial charge in [-0.15, -0.1) is 0 Å². The van der Waals surface area contributed by atoms with E-state index in [9.17, 15) is 22.8 Å². The minimum Gasteiger partial charge on any atom is -0.302 e. The molecule has 0 saturated carbocycles. The van der Waals surface area contributed by atoms with E-state index in [2.05, 4.69) is 5.32 Å². The van der Waals surface area contributed by atoms with Crippen molar-refractivity contribution in [3.63, 3.8) is 0 Å². The molecule has 0 unspecified atom stereocenters. The number of nitrogens with zero attached hydrogens (tertiary/aromatic N) is 1. The number of alkyl halides is 3. The van der Waals surface area contributed by atoms with Crippen LogP contribution in [0.15, 0.2) is 60.3 Å². The van der Waals surface area contributed by atoms with Crippen LogP contribution in [-0.4, -0.2) is 11.9 Å². The number of imide groups is 1. The van der Waals surface area contributed by atoms with Gasteiger partial charge in [-0.1, -0.05) is 30.3 Å². The molecule has 1 fully saturated rings. The van der Waals surface area contributed by atoms with Crippen LogP contribution >= 0.6 is 0 Å². The summed E-state index contributed by atoms with van der Waals surface area (Å²) in [5.41, 5.74) is -0.354. The summed E-state index contributed by atoms with van der Waals surface area (Å²) in [5.74, 6) is -0.622. The maximum atomic E-state index is 12.7. The van der Waals surface area contributed by atoms with Gasteiger partial charge >= 0.3 is 12.2 Å². The molecule has 122 valence electrons. The summed E-state index contributed by atoms with van der Waals surface area (Å²) in [6, 6.07) is 12.1. The lowest BCUT2D eigenvalue weighted by atomic mass is 10.1. The Morgan fingerprint density at radius 3 is 2.33 bits per heavy atom. The number of carbonyl (C=O) groups is 2. The highest BCUT2D eigenvalue weighted by molar-refractivity contribution is 6.28. The van der Waals surface area contributed by atoms with Crippen LogP contribution in [0.2, 0.25) is 0 Å². The van der Waals surface area contributed by atoms with Crippen LogP contribution in [0.5, 0.6) is 0 Å². The average molecular weight is 332 g/mol. The first-order chi connectivity index (χ1) is 11.4. The number of carbonyl (C=O) groups excluding carboxylic acids is 2. The lowest BCUT2D eigenvalue weighted by molar-refractivity contribution is -0.137. The largest absolute Gasteiger partial charge is 0.416 e. The van der Waals surface area contributed by atoms with Crippen LogP contribution in [0.25, 0.3) is 6.08 Å². The molecular formula is C17H11F3N2O2. The predicted molar refractivity (Wildman–Crippen MR) is 81.9 cm³/mol. The van der Waals surface area contributed by atoms with Gasteiger partial charge in [-0.05, 0) is 35.9 Å². The number of para-hydroxylation sites is 1. The molecule has 1 N–H and O–H groups in total. The van der Waals surface area contributed by atoms with Gasteiger partial charge in [-0.3, -0.25) is 4.79 Å². The Balaban J connectivity index is 1.93. The minimum absolute atomic E-state index is 0.0804. The third-order valence-corrected chi connectivity index (χ3v) is 3.42. The molecule has 0 atom stereocenters. The molecule has 0 radical (unpaired) electrons. The second-order valence-corrected chi connectivity index (χ2v) is 5.09. The Labute approximate surface area is 135 Å². The molecule has 1 aliphatic rings. The Kier molecular flexibility index (Phi) is 3.84. The SMILES string of the molecule is O=C1NC(=Cc2cccc(C(F)(F)F)c2)C(=O)N1c1ccccc1. The van der Waals surface area contributed by atoms with Crippen molar-refractivity contribution < 1.29 is 22.8 Å². The number of nitrogens with one attached hydrogen (secondary N) is 1. The van der Waals surface area contributed by atoms with Gasteiger partial charge in [0, 0.05) is 0 Å². The van der Waals surface area contributed by atoms with Crippen LogP contribution in [0.4, 0.5) is 23.7 Å². The summed E-state index contributed by atoms with van der Waals surface area (Å²) < 4.78 is 38.2. The molecule has 0 aliphatic carbocycles. The molecular weight excluding hydrogens is 321 g/mol. The third kappa shape index (κ3) is 3.01. The van der Waals surface area contributed by atoms with Crippen molar-refractivity contribution in [2.24, 2.45) is 0 Å². The highest BCUT2D eigenvalue weighted by atomic mass is 19.4. The Bertz CT molecular complexity index is 829. The summed E-state index contributed by atoms with van der Waals surface area (Å²) >= 11 is 0. The lowest BCUT2D eigenvalue weighted by Crippen LogP contribution is -2.30. The van der Waals surface area contributed by atoms with Gasteiger partial charge in [0.25, 0.3) is 5.91 Å². The Morgan fingerprint density at radius 2 is 1.67 bits per heavy atom. The van der Waals surface area contributed by atoms with E-state index in [0.29, 0.717) is 5.69 Å². The molecule has 24 heavy (non-hydrogen) atoms. The molecule has 2 aromatic rings. The van der Waals surface area contributed by atoms with Gasteiger partial charge in [0.05, 0.1) is 11.3 Å². The zero-order valence-electron chi connectivity index (χ0n) is 12.2. The third-order valence-electron chi connectivity index (χ3n) is 3.42. The fourth-order valence-electron chi connectivity index (χ4n) is 2.32. The van der Waals surface area contributed by atoms with Crippen LogP contribution in [0.1, 0.15) is 11.1 Å². The Morgan fingerprint density at radius 1 is 0.958 bits per heavy atom. The van der Waals surface area contributed by atoms with Gasteiger partial charge in [-0.25, -0.2) is 9.69 Å². The van der Waals surface area contributed by atoms with Crippen LogP contribution in [0, 0.1) is 0 Å². The summed E-state index contributed by atoms with van der Waals surface area (Å²) in [4.78, 5) is 25.3. The van der Waals surface area contributed by atoms with Gasteiger partial charge in [-0.2, -0.15) is 13.2 Å². The first kappa shape index (κ1) is 15.8. The quantitative estimate of drug-likeness (QED) is 0.672. The van der Waals surface area contributed by atoms with Crippen molar-refractivity contribution in [3.05, 3.63) is 71.4 Å². The molecule has 3 rings (SSSR count). The zero-order valence-corrected chi connectivity index (χ0v) is 12.2. The highest BCUT2D eigenvalue weighted by Gasteiger charge is 2.35. The molecule has 1 saturated heterocycles. The number of rotatable bonds is 2. The summed E-state index contributed by atoms with van der Waals surface area (Å²) in [7, 11) is 0. The van der Waals surface area contributed by atoms with Gasteiger partial charge in [0.2, 0.25) is 0 Å². The van der Waals surface area contributed by atoms with Crippen LogP contribution < -0.4 is 10.2 Å². The number of hydrogen-bond acceptors (Lipinski definition) is 2. The zero-order chi connectivity index (χ0) is 17.3. The smallest absolute Gasteiger partial charge is 0.302 e. The monoisotopic (exact) mass is 332 g/mol. The van der Waals surface area contributed by atoms with Crippen molar-refractivity contribution in [1.29, 1.82) is 0 Å². The second-order valence-electron chi connectivity index (χ2n) is 5.09. The average Bonchev–Trinajstić information content (AvgIpc) is 2.82. The van der Waals surface area contributed by atoms with Crippen molar-refractivity contribution in [1.82, 2.24) is 5.32 Å². The topological polar surface area (TPSA) is 49.4 Å². The van der Waals surface area contributed by atoms with Crippen molar-refractivity contribution in [3.8, 4) is 0 Å². The molecule has 7 heteroatoms. The van der Waals surface area contributed by atoms with Gasteiger partial charge < -0.3 is 5.32 Å². The molecule has 0 spiro atoms. The fraction of sp³-hybridized carbons (Fsp3) is 0.0588. The first-order valence-electron chi connectivity index (χ1n) is 6.96. The van der Waals surface area contributed by atoms with Crippen LogP contribution in [-0.2, 0) is 11.0 Å². The number of amides is 3. The standard InChI is InChI=1S/C17H11F3N2O2/c18-17(19,20)12-6-4-5-11(9-12)10-14-15(23)22(16(24)21-14)13-7-2-1-3-8-13/h1-10H,(H,21,24). The maximum Gasteiger partial charge on any atom is 0.416 e. The number of hydrogen-bond donors (Lipinski definition) is 1. The van der Waals surface area contributed by atoms with E-state index < -0.39 is 23.7 Å². The number of urea groups is 1. The molecule has 0 bridgehead atoms. The van der Waals surface area contributed by atoms with Gasteiger partial charge in [0.15, 0.2) is 0 Å². The van der Waals surface area contributed by atoms with Crippen molar-refractivity contribution in [2.75, 3.05) is 4.90 Å². The molecule has 1 aliphatic heterocycles. The minimum atomic E-state index is -4.48. The summed E-state index contributed by atoms with van der Waals surface area (Å²) in [6.07, 6.45) is -3.26. The summed E-state index contributed by atoms with van der Waals surface area (Å²) in [5, 5.41) is 2.38. The molecule has 2 aromatic carbocycles. The van der Waals surface area contributed by atoms with E-state index in [1.165, 1.54) is 18.2 Å². The molecule has 3 amide bonds. The molecule has 1 heterocycles. The summed E-state index contributed by atoms with van der Waals surface area (Å²) in [6.45, 7) is 0. The van der Waals surface area contributed by atoms with Gasteiger partial charge in [0.1, 0.15) is 5.70 Å². The van der Waals surface area contributed by atoms with E-state index in [0.717, 1.165) is 17.0 Å². The number of halogens is 3. The lowest BCUT2D eigenvalue weighted by Gasteiger charge is -2.10. The Hall–Kier alpha value is -3.09. The van der Waals surface area contributed by atoms with E-state index in [4.69, 9.17) is 0 Å². The van der Waals surface area contributed by atoms with E-state index in [-0.39, 0.29) is 11.3 Å². The van der Waals surface area contributed by atoms with Crippen LogP contribution in [0.3, 0.4) is 0 Å². The molecule has 0 aromatic heterocycles. The predicted octanol–water partition coefficient (Wildman–Crippen LogP) is 3.80. The normalized spacial score (nSPS) is 16.6. The van der Waals surface area contributed by atoms with E-state index in [1.807, 2.05) is 0 Å². The van der Waals surface area contributed by atoms with E-state index in [1.54, 1.807) is 30.3 Å². The maximum absolute atomic E-state index is 12.7.